The van der Waals surface area contributed by atoms with Crippen molar-refractivity contribution >= 4 is 18.4 Å². The van der Waals surface area contributed by atoms with Gasteiger partial charge in [-0.25, -0.2) is 0 Å². The zero-order chi connectivity index (χ0) is 11.3. The van der Waals surface area contributed by atoms with Gasteiger partial charge < -0.3 is 15.2 Å². The summed E-state index contributed by atoms with van der Waals surface area (Å²) in [5, 5.41) is 0. The number of para-hydroxylation sites is 1. The SMILES string of the molecule is CCOc1ccccc1[C@H](N)C(=O)OC.Cl. The number of ether oxygens (including phenoxy) is 2. The van der Waals surface area contributed by atoms with Crippen LogP contribution >= 0.6 is 12.4 Å². The molecule has 16 heavy (non-hydrogen) atoms. The van der Waals surface area contributed by atoms with Crippen molar-refractivity contribution in [2.45, 2.75) is 13.0 Å². The molecule has 0 aromatic heterocycles. The molecular formula is C11H16ClNO3. The molecule has 0 heterocycles. The number of hydrogen-bond donors (Lipinski definition) is 1. The zero-order valence-corrected chi connectivity index (χ0v) is 10.1. The minimum absolute atomic E-state index is 0. The molecule has 0 fully saturated rings. The number of halogens is 1. The van der Waals surface area contributed by atoms with Gasteiger partial charge in [-0.15, -0.1) is 12.4 Å². The Balaban J connectivity index is 0.00000225. The second kappa shape index (κ2) is 7.09. The molecule has 4 nitrogen and oxygen atoms in total. The predicted molar refractivity (Wildman–Crippen MR) is 63.8 cm³/mol. The summed E-state index contributed by atoms with van der Waals surface area (Å²) in [4.78, 5) is 11.3. The Morgan fingerprint density at radius 2 is 2.06 bits per heavy atom. The zero-order valence-electron chi connectivity index (χ0n) is 9.30. The highest BCUT2D eigenvalue weighted by atomic mass is 35.5. The maximum absolute atomic E-state index is 11.3. The average Bonchev–Trinajstić information content (AvgIpc) is 2.28. The third-order valence-electron chi connectivity index (χ3n) is 2.01. The van der Waals surface area contributed by atoms with Crippen molar-refractivity contribution in [3.63, 3.8) is 0 Å². The van der Waals surface area contributed by atoms with E-state index in [1.807, 2.05) is 13.0 Å². The molecular weight excluding hydrogens is 230 g/mol. The molecule has 1 atom stereocenters. The summed E-state index contributed by atoms with van der Waals surface area (Å²) in [6.45, 7) is 2.41. The molecule has 0 unspecified atom stereocenters. The van der Waals surface area contributed by atoms with Gasteiger partial charge in [-0.3, -0.25) is 4.79 Å². The molecule has 1 aromatic carbocycles. The third kappa shape index (κ3) is 3.40. The Labute approximate surface area is 101 Å². The largest absolute Gasteiger partial charge is 0.494 e. The van der Waals surface area contributed by atoms with E-state index in [-0.39, 0.29) is 12.4 Å². The van der Waals surface area contributed by atoms with Crippen molar-refractivity contribution in [2.75, 3.05) is 13.7 Å². The summed E-state index contributed by atoms with van der Waals surface area (Å²) in [5.41, 5.74) is 6.37. The second-order valence-corrected chi connectivity index (χ2v) is 2.97. The van der Waals surface area contributed by atoms with E-state index in [4.69, 9.17) is 10.5 Å². The molecule has 90 valence electrons. The molecule has 0 aliphatic heterocycles. The fraction of sp³-hybridized carbons (Fsp3) is 0.364. The third-order valence-corrected chi connectivity index (χ3v) is 2.01. The van der Waals surface area contributed by atoms with E-state index in [2.05, 4.69) is 4.74 Å². The lowest BCUT2D eigenvalue weighted by molar-refractivity contribution is -0.142. The van der Waals surface area contributed by atoms with Gasteiger partial charge in [0.2, 0.25) is 0 Å². The maximum Gasteiger partial charge on any atom is 0.327 e. The van der Waals surface area contributed by atoms with Crippen molar-refractivity contribution < 1.29 is 14.3 Å². The van der Waals surface area contributed by atoms with E-state index in [1.54, 1.807) is 18.2 Å². The summed E-state index contributed by atoms with van der Waals surface area (Å²) in [6, 6.07) is 6.38. The Kier molecular flexibility index (Phi) is 6.53. The van der Waals surface area contributed by atoms with Crippen molar-refractivity contribution in [2.24, 2.45) is 5.73 Å². The molecule has 5 heteroatoms. The minimum Gasteiger partial charge on any atom is -0.494 e. The topological polar surface area (TPSA) is 61.5 Å². The summed E-state index contributed by atoms with van der Waals surface area (Å²) in [6.07, 6.45) is 0. The average molecular weight is 246 g/mol. The highest BCUT2D eigenvalue weighted by molar-refractivity contribution is 5.85. The van der Waals surface area contributed by atoms with Crippen LogP contribution in [0, 0.1) is 0 Å². The molecule has 0 amide bonds. The van der Waals surface area contributed by atoms with Crippen LogP contribution in [0.4, 0.5) is 0 Å². The standard InChI is InChI=1S/C11H15NO3.ClH/c1-3-15-9-7-5-4-6-8(9)10(12)11(13)14-2;/h4-7,10H,3,12H2,1-2H3;1H/t10-;/m0./s1. The van der Waals surface area contributed by atoms with Gasteiger partial charge in [0.1, 0.15) is 11.8 Å². The lowest BCUT2D eigenvalue weighted by Gasteiger charge is -2.14. The first-order chi connectivity index (χ1) is 7.20. The molecule has 0 bridgehead atoms. The molecule has 0 aliphatic rings. The molecule has 1 aromatic rings. The first kappa shape index (κ1) is 14.7. The van der Waals surface area contributed by atoms with E-state index >= 15 is 0 Å². The number of carbonyl (C=O) groups excluding carboxylic acids is 1. The van der Waals surface area contributed by atoms with Gasteiger partial charge in [0, 0.05) is 5.56 Å². The van der Waals surface area contributed by atoms with E-state index < -0.39 is 12.0 Å². The molecule has 1 rings (SSSR count). The molecule has 2 N–H and O–H groups in total. The minimum atomic E-state index is -0.794. The summed E-state index contributed by atoms with van der Waals surface area (Å²) >= 11 is 0. The molecule has 0 spiro atoms. The Morgan fingerprint density at radius 1 is 1.44 bits per heavy atom. The van der Waals surface area contributed by atoms with Crippen molar-refractivity contribution in [3.05, 3.63) is 29.8 Å². The van der Waals surface area contributed by atoms with Crippen LogP contribution in [0.2, 0.25) is 0 Å². The predicted octanol–water partition coefficient (Wildman–Crippen LogP) is 1.68. The highest BCUT2D eigenvalue weighted by Gasteiger charge is 2.19. The van der Waals surface area contributed by atoms with Crippen molar-refractivity contribution in [1.82, 2.24) is 0 Å². The lowest BCUT2D eigenvalue weighted by Crippen LogP contribution is -2.23. The first-order valence-electron chi connectivity index (χ1n) is 4.75. The number of nitrogens with two attached hydrogens (primary N) is 1. The van der Waals surface area contributed by atoms with E-state index in [0.717, 1.165) is 0 Å². The normalized spacial score (nSPS) is 11.2. The quantitative estimate of drug-likeness (QED) is 0.820. The van der Waals surface area contributed by atoms with Crippen molar-refractivity contribution in [3.8, 4) is 5.75 Å². The van der Waals surface area contributed by atoms with Crippen LogP contribution in [-0.2, 0) is 9.53 Å². The molecule has 0 saturated heterocycles. The number of rotatable bonds is 4. The van der Waals surface area contributed by atoms with Gasteiger partial charge in [0.15, 0.2) is 0 Å². The van der Waals surface area contributed by atoms with E-state index in [9.17, 15) is 4.79 Å². The van der Waals surface area contributed by atoms with Crippen molar-refractivity contribution in [1.29, 1.82) is 0 Å². The van der Waals surface area contributed by atoms with Gasteiger partial charge in [0.25, 0.3) is 0 Å². The van der Waals surface area contributed by atoms with Crippen LogP contribution in [-0.4, -0.2) is 19.7 Å². The Bertz CT molecular complexity index is 344. The Morgan fingerprint density at radius 3 is 2.62 bits per heavy atom. The Hall–Kier alpha value is -1.26. The van der Waals surface area contributed by atoms with Gasteiger partial charge in [-0.2, -0.15) is 0 Å². The number of esters is 1. The van der Waals surface area contributed by atoms with Crippen LogP contribution in [0.3, 0.4) is 0 Å². The lowest BCUT2D eigenvalue weighted by atomic mass is 10.1. The monoisotopic (exact) mass is 245 g/mol. The van der Waals surface area contributed by atoms with Gasteiger partial charge in [0.05, 0.1) is 13.7 Å². The summed E-state index contributed by atoms with van der Waals surface area (Å²) in [7, 11) is 1.31. The van der Waals surface area contributed by atoms with Crippen LogP contribution in [0.5, 0.6) is 5.75 Å². The van der Waals surface area contributed by atoms with Crippen LogP contribution in [0.25, 0.3) is 0 Å². The van der Waals surface area contributed by atoms with Crippen LogP contribution < -0.4 is 10.5 Å². The van der Waals surface area contributed by atoms with Gasteiger partial charge >= 0.3 is 5.97 Å². The first-order valence-corrected chi connectivity index (χ1v) is 4.75. The van der Waals surface area contributed by atoms with E-state index in [0.29, 0.717) is 17.9 Å². The molecule has 0 aliphatic carbocycles. The second-order valence-electron chi connectivity index (χ2n) is 2.97. The van der Waals surface area contributed by atoms with Crippen LogP contribution in [0.1, 0.15) is 18.5 Å². The number of carbonyl (C=O) groups is 1. The summed E-state index contributed by atoms with van der Waals surface area (Å²) in [5.74, 6) is 0.153. The van der Waals surface area contributed by atoms with E-state index in [1.165, 1.54) is 7.11 Å². The fourth-order valence-corrected chi connectivity index (χ4v) is 1.28. The maximum atomic E-state index is 11.3. The molecule has 0 saturated carbocycles. The fourth-order valence-electron chi connectivity index (χ4n) is 1.28. The van der Waals surface area contributed by atoms with Crippen LogP contribution in [0.15, 0.2) is 24.3 Å². The summed E-state index contributed by atoms with van der Waals surface area (Å²) < 4.78 is 9.95. The number of hydrogen-bond acceptors (Lipinski definition) is 4. The molecule has 0 radical (unpaired) electrons. The smallest absolute Gasteiger partial charge is 0.327 e. The van der Waals surface area contributed by atoms with Gasteiger partial charge in [-0.05, 0) is 13.0 Å². The number of methoxy groups -OCH3 is 1. The highest BCUT2D eigenvalue weighted by Crippen LogP contribution is 2.24. The number of benzene rings is 1. The van der Waals surface area contributed by atoms with Gasteiger partial charge in [-0.1, -0.05) is 18.2 Å².